The summed E-state index contributed by atoms with van der Waals surface area (Å²) in [7, 11) is 0. The van der Waals surface area contributed by atoms with E-state index in [4.69, 9.17) is 0 Å². The molecule has 3 rings (SSSR count). The molecule has 1 aromatic carbocycles. The molecule has 0 saturated carbocycles. The highest BCUT2D eigenvalue weighted by atomic mass is 16.3. The van der Waals surface area contributed by atoms with Crippen LogP contribution in [-0.4, -0.2) is 45.9 Å². The number of aromatic nitrogens is 1. The van der Waals surface area contributed by atoms with Crippen LogP contribution in [0.3, 0.4) is 0 Å². The first-order valence-corrected chi connectivity index (χ1v) is 8.24. The number of anilines is 1. The van der Waals surface area contributed by atoms with Gasteiger partial charge in [-0.2, -0.15) is 0 Å². The number of hydrogen-bond donors (Lipinski definition) is 1. The predicted molar refractivity (Wildman–Crippen MR) is 94.2 cm³/mol. The van der Waals surface area contributed by atoms with Gasteiger partial charge in [-0.1, -0.05) is 23.8 Å². The summed E-state index contributed by atoms with van der Waals surface area (Å²) in [6.07, 6.45) is 0. The van der Waals surface area contributed by atoms with Crippen LogP contribution in [0.25, 0.3) is 0 Å². The van der Waals surface area contributed by atoms with Gasteiger partial charge in [0.05, 0.1) is 12.3 Å². The number of pyridine rings is 1. The van der Waals surface area contributed by atoms with Gasteiger partial charge in [-0.3, -0.25) is 9.59 Å². The molecule has 25 heavy (non-hydrogen) atoms. The average Bonchev–Trinajstić information content (AvgIpc) is 2.63. The molecule has 0 spiro atoms. The number of aliphatic hydroxyl groups is 1. The highest BCUT2D eigenvalue weighted by Gasteiger charge is 2.34. The number of carbonyl (C=O) groups excluding carboxylic acids is 2. The Morgan fingerprint density at radius 1 is 1.24 bits per heavy atom. The number of aryl methyl sites for hydroxylation is 1. The molecule has 0 radical (unpaired) electrons. The predicted octanol–water partition coefficient (Wildman–Crippen LogP) is 1.76. The van der Waals surface area contributed by atoms with Crippen LogP contribution in [0.2, 0.25) is 0 Å². The van der Waals surface area contributed by atoms with Crippen LogP contribution in [0, 0.1) is 6.92 Å². The van der Waals surface area contributed by atoms with Gasteiger partial charge in [0.25, 0.3) is 5.91 Å². The maximum absolute atomic E-state index is 12.7. The summed E-state index contributed by atoms with van der Waals surface area (Å²) >= 11 is 0. The number of aliphatic hydroxyl groups excluding tert-OH is 1. The van der Waals surface area contributed by atoms with E-state index in [2.05, 4.69) is 4.98 Å². The Balaban J connectivity index is 1.78. The van der Waals surface area contributed by atoms with Gasteiger partial charge in [-0.25, -0.2) is 4.98 Å². The first-order valence-electron chi connectivity index (χ1n) is 8.24. The second-order valence-electron chi connectivity index (χ2n) is 6.29. The molecule has 1 N–H and O–H groups in total. The van der Waals surface area contributed by atoms with Crippen LogP contribution in [-0.2, 0) is 11.4 Å². The van der Waals surface area contributed by atoms with Crippen molar-refractivity contribution in [3.05, 3.63) is 59.4 Å². The molecule has 0 unspecified atom stereocenters. The molecule has 0 aliphatic carbocycles. The zero-order valence-corrected chi connectivity index (χ0v) is 14.3. The second-order valence-corrected chi connectivity index (χ2v) is 6.29. The van der Waals surface area contributed by atoms with Crippen molar-refractivity contribution in [1.29, 1.82) is 0 Å². The summed E-state index contributed by atoms with van der Waals surface area (Å²) in [6, 6.07) is 12.6. The SMILES string of the molecule is Cc1ccc(N2C[C@H](C)N(C(=O)c3cccc(CO)n3)CC2=O)cc1. The Labute approximate surface area is 146 Å². The van der Waals surface area contributed by atoms with Crippen LogP contribution in [0.1, 0.15) is 28.7 Å². The van der Waals surface area contributed by atoms with E-state index in [1.807, 2.05) is 38.1 Å². The minimum atomic E-state index is -0.292. The van der Waals surface area contributed by atoms with E-state index in [-0.39, 0.29) is 36.7 Å². The van der Waals surface area contributed by atoms with Crippen molar-refractivity contribution in [1.82, 2.24) is 9.88 Å². The highest BCUT2D eigenvalue weighted by Crippen LogP contribution is 2.21. The molecule has 2 heterocycles. The number of amides is 2. The summed E-state index contributed by atoms with van der Waals surface area (Å²) in [5, 5.41) is 9.18. The molecular formula is C19H21N3O3. The lowest BCUT2D eigenvalue weighted by Crippen LogP contribution is -2.57. The number of benzene rings is 1. The van der Waals surface area contributed by atoms with Crippen molar-refractivity contribution in [2.75, 3.05) is 18.0 Å². The van der Waals surface area contributed by atoms with E-state index >= 15 is 0 Å². The summed E-state index contributed by atoms with van der Waals surface area (Å²) < 4.78 is 0. The van der Waals surface area contributed by atoms with Gasteiger partial charge in [0.2, 0.25) is 5.91 Å². The molecular weight excluding hydrogens is 318 g/mol. The van der Waals surface area contributed by atoms with Crippen molar-refractivity contribution < 1.29 is 14.7 Å². The standard InChI is InChI=1S/C19H21N3O3/c1-13-6-8-16(9-7-13)22-10-14(2)21(11-18(22)24)19(25)17-5-3-4-15(12-23)20-17/h3-9,14,23H,10-12H2,1-2H3/t14-/m0/s1. The maximum atomic E-state index is 12.7. The first-order chi connectivity index (χ1) is 12.0. The molecule has 1 aliphatic rings. The fourth-order valence-electron chi connectivity index (χ4n) is 2.93. The van der Waals surface area contributed by atoms with Crippen molar-refractivity contribution in [3.8, 4) is 0 Å². The molecule has 1 fully saturated rings. The number of rotatable bonds is 3. The summed E-state index contributed by atoms with van der Waals surface area (Å²) in [4.78, 5) is 32.7. The van der Waals surface area contributed by atoms with Crippen molar-refractivity contribution >= 4 is 17.5 Å². The van der Waals surface area contributed by atoms with Crippen molar-refractivity contribution in [3.63, 3.8) is 0 Å². The second kappa shape index (κ2) is 7.03. The van der Waals surface area contributed by atoms with Gasteiger partial charge in [-0.05, 0) is 38.1 Å². The topological polar surface area (TPSA) is 73.7 Å². The molecule has 0 bridgehead atoms. The summed E-state index contributed by atoms with van der Waals surface area (Å²) in [5.41, 5.74) is 2.65. The van der Waals surface area contributed by atoms with Gasteiger partial charge < -0.3 is 14.9 Å². The fraction of sp³-hybridized carbons (Fsp3) is 0.316. The molecule has 1 saturated heterocycles. The third kappa shape index (κ3) is 3.53. The lowest BCUT2D eigenvalue weighted by molar-refractivity contribution is -0.121. The highest BCUT2D eigenvalue weighted by molar-refractivity contribution is 6.01. The Morgan fingerprint density at radius 3 is 2.64 bits per heavy atom. The number of piperazine rings is 1. The van der Waals surface area contributed by atoms with Crippen LogP contribution in [0.4, 0.5) is 5.69 Å². The van der Waals surface area contributed by atoms with Gasteiger partial charge in [-0.15, -0.1) is 0 Å². The van der Waals surface area contributed by atoms with Gasteiger partial charge in [0.15, 0.2) is 0 Å². The Morgan fingerprint density at radius 2 is 1.96 bits per heavy atom. The molecule has 6 heteroatoms. The van der Waals surface area contributed by atoms with E-state index in [9.17, 15) is 14.7 Å². The molecule has 1 aliphatic heterocycles. The lowest BCUT2D eigenvalue weighted by atomic mass is 10.1. The largest absolute Gasteiger partial charge is 0.390 e. The average molecular weight is 339 g/mol. The van der Waals surface area contributed by atoms with E-state index in [0.29, 0.717) is 12.2 Å². The minimum absolute atomic E-state index is 0.0128. The zero-order valence-electron chi connectivity index (χ0n) is 14.3. The smallest absolute Gasteiger partial charge is 0.273 e. The molecule has 130 valence electrons. The van der Waals surface area contributed by atoms with Crippen molar-refractivity contribution in [2.45, 2.75) is 26.5 Å². The Bertz CT molecular complexity index is 789. The third-order valence-corrected chi connectivity index (χ3v) is 4.38. The van der Waals surface area contributed by atoms with Crippen LogP contribution < -0.4 is 4.90 Å². The first kappa shape index (κ1) is 17.1. The third-order valence-electron chi connectivity index (χ3n) is 4.38. The van der Waals surface area contributed by atoms with Gasteiger partial charge >= 0.3 is 0 Å². The number of nitrogens with zero attached hydrogens (tertiary/aromatic N) is 3. The van der Waals surface area contributed by atoms with E-state index in [0.717, 1.165) is 11.3 Å². The summed E-state index contributed by atoms with van der Waals surface area (Å²) in [5.74, 6) is -0.409. The summed E-state index contributed by atoms with van der Waals surface area (Å²) in [6.45, 7) is 4.14. The molecule has 2 amide bonds. The molecule has 6 nitrogen and oxygen atoms in total. The quantitative estimate of drug-likeness (QED) is 0.925. The Hall–Kier alpha value is -2.73. The maximum Gasteiger partial charge on any atom is 0.273 e. The van der Waals surface area contributed by atoms with Gasteiger partial charge in [0, 0.05) is 18.3 Å². The molecule has 2 aromatic rings. The van der Waals surface area contributed by atoms with Crippen molar-refractivity contribution in [2.24, 2.45) is 0 Å². The molecule has 1 aromatic heterocycles. The van der Waals surface area contributed by atoms with Crippen LogP contribution in [0.5, 0.6) is 0 Å². The van der Waals surface area contributed by atoms with Gasteiger partial charge in [0.1, 0.15) is 12.2 Å². The van der Waals surface area contributed by atoms with Crippen LogP contribution >= 0.6 is 0 Å². The van der Waals surface area contributed by atoms with E-state index < -0.39 is 0 Å². The number of carbonyl (C=O) groups is 2. The zero-order chi connectivity index (χ0) is 18.0. The minimum Gasteiger partial charge on any atom is -0.390 e. The molecule has 1 atom stereocenters. The van der Waals surface area contributed by atoms with E-state index in [1.165, 1.54) is 4.90 Å². The van der Waals surface area contributed by atoms with Crippen LogP contribution in [0.15, 0.2) is 42.5 Å². The van der Waals surface area contributed by atoms with E-state index in [1.54, 1.807) is 23.1 Å². The monoisotopic (exact) mass is 339 g/mol. The number of hydrogen-bond acceptors (Lipinski definition) is 4. The normalized spacial score (nSPS) is 17.7. The Kier molecular flexibility index (Phi) is 4.81. The lowest BCUT2D eigenvalue weighted by Gasteiger charge is -2.39. The fourth-order valence-corrected chi connectivity index (χ4v) is 2.93.